The minimum Gasteiger partial charge on any atom is -0.310 e. The van der Waals surface area contributed by atoms with Crippen LogP contribution in [0.3, 0.4) is 0 Å². The molecule has 0 bridgehead atoms. The lowest BCUT2D eigenvalue weighted by atomic mass is 10.00. The van der Waals surface area contributed by atoms with Crippen molar-refractivity contribution in [2.24, 2.45) is 5.92 Å². The van der Waals surface area contributed by atoms with E-state index in [4.69, 9.17) is 0 Å². The molecule has 0 spiro atoms. The van der Waals surface area contributed by atoms with Crippen LogP contribution in [-0.2, 0) is 0 Å². The molecule has 0 aliphatic heterocycles. The summed E-state index contributed by atoms with van der Waals surface area (Å²) in [5, 5.41) is 3.64. The maximum atomic E-state index is 3.64. The first kappa shape index (κ1) is 11.7. The largest absolute Gasteiger partial charge is 0.310 e. The highest BCUT2D eigenvalue weighted by Crippen LogP contribution is 2.32. The van der Waals surface area contributed by atoms with Crippen LogP contribution in [0.2, 0.25) is 0 Å². The smallest absolute Gasteiger partial charge is 0.0294 e. The van der Waals surface area contributed by atoms with Gasteiger partial charge in [-0.1, -0.05) is 36.6 Å². The van der Waals surface area contributed by atoms with Crippen molar-refractivity contribution in [2.45, 2.75) is 46.1 Å². The first-order valence-corrected chi connectivity index (χ1v) is 6.47. The number of benzene rings is 1. The van der Waals surface area contributed by atoms with Crippen LogP contribution < -0.4 is 5.32 Å². The van der Waals surface area contributed by atoms with Gasteiger partial charge >= 0.3 is 0 Å². The van der Waals surface area contributed by atoms with Crippen LogP contribution in [-0.4, -0.2) is 6.54 Å². The van der Waals surface area contributed by atoms with Crippen molar-refractivity contribution in [3.05, 3.63) is 34.9 Å². The van der Waals surface area contributed by atoms with Gasteiger partial charge in [-0.05, 0) is 50.8 Å². The van der Waals surface area contributed by atoms with Gasteiger partial charge in [-0.2, -0.15) is 0 Å². The third-order valence-electron chi connectivity index (χ3n) is 3.60. The Bertz CT molecular complexity index is 352. The molecule has 1 heteroatoms. The van der Waals surface area contributed by atoms with Crippen molar-refractivity contribution in [2.75, 3.05) is 6.54 Å². The molecule has 1 aliphatic rings. The summed E-state index contributed by atoms with van der Waals surface area (Å²) in [4.78, 5) is 0. The first-order chi connectivity index (χ1) is 7.66. The Balaban J connectivity index is 1.90. The molecule has 0 heterocycles. The highest BCUT2D eigenvalue weighted by Gasteiger charge is 2.20. The molecule has 16 heavy (non-hydrogen) atoms. The zero-order chi connectivity index (χ0) is 11.5. The molecular formula is C15H23N. The summed E-state index contributed by atoms with van der Waals surface area (Å²) in [5.74, 6) is 1.03. The zero-order valence-corrected chi connectivity index (χ0v) is 10.7. The average Bonchev–Trinajstić information content (AvgIpc) is 3.05. The van der Waals surface area contributed by atoms with Crippen molar-refractivity contribution < 1.29 is 0 Å². The first-order valence-electron chi connectivity index (χ1n) is 6.47. The summed E-state index contributed by atoms with van der Waals surface area (Å²) in [7, 11) is 0. The lowest BCUT2D eigenvalue weighted by molar-refractivity contribution is 0.538. The fourth-order valence-corrected chi connectivity index (χ4v) is 2.25. The van der Waals surface area contributed by atoms with Crippen molar-refractivity contribution in [3.8, 4) is 0 Å². The number of nitrogens with one attached hydrogen (secondary N) is 1. The second kappa shape index (κ2) is 5.01. The van der Waals surface area contributed by atoms with Gasteiger partial charge in [0.15, 0.2) is 0 Å². The van der Waals surface area contributed by atoms with E-state index in [2.05, 4.69) is 44.3 Å². The van der Waals surface area contributed by atoms with Crippen molar-refractivity contribution >= 4 is 0 Å². The highest BCUT2D eigenvalue weighted by molar-refractivity contribution is 5.32. The SMILES string of the molecule is Cc1ccc(C)c(C(C)NCCC2CC2)c1. The molecule has 1 fully saturated rings. The molecule has 1 aromatic carbocycles. The monoisotopic (exact) mass is 217 g/mol. The predicted molar refractivity (Wildman–Crippen MR) is 69.7 cm³/mol. The fraction of sp³-hybridized carbons (Fsp3) is 0.600. The Labute approximate surface area is 99.3 Å². The number of hydrogen-bond acceptors (Lipinski definition) is 1. The Hall–Kier alpha value is -0.820. The summed E-state index contributed by atoms with van der Waals surface area (Å²) in [6, 6.07) is 7.21. The standard InChI is InChI=1S/C15H23N/c1-11-4-5-12(2)15(10-11)13(3)16-9-8-14-6-7-14/h4-5,10,13-14,16H,6-9H2,1-3H3. The van der Waals surface area contributed by atoms with Gasteiger partial charge in [0.2, 0.25) is 0 Å². The van der Waals surface area contributed by atoms with Crippen molar-refractivity contribution in [3.63, 3.8) is 0 Å². The van der Waals surface area contributed by atoms with Crippen LogP contribution in [0.1, 0.15) is 48.9 Å². The van der Waals surface area contributed by atoms with E-state index in [0.717, 1.165) is 5.92 Å². The molecule has 0 aromatic heterocycles. The minimum absolute atomic E-state index is 0.485. The van der Waals surface area contributed by atoms with Gasteiger partial charge in [-0.3, -0.25) is 0 Å². The van der Waals surface area contributed by atoms with E-state index >= 15 is 0 Å². The molecule has 0 amide bonds. The summed E-state index contributed by atoms with van der Waals surface area (Å²) in [5.41, 5.74) is 4.21. The zero-order valence-electron chi connectivity index (χ0n) is 10.7. The molecular weight excluding hydrogens is 194 g/mol. The second-order valence-corrected chi connectivity index (χ2v) is 5.27. The molecule has 88 valence electrons. The lowest BCUT2D eigenvalue weighted by Gasteiger charge is -2.17. The third-order valence-corrected chi connectivity index (χ3v) is 3.60. The van der Waals surface area contributed by atoms with E-state index in [1.165, 1.54) is 42.5 Å². The molecule has 1 atom stereocenters. The normalized spacial score (nSPS) is 17.4. The van der Waals surface area contributed by atoms with E-state index in [1.807, 2.05) is 0 Å². The lowest BCUT2D eigenvalue weighted by Crippen LogP contribution is -2.21. The molecule has 1 saturated carbocycles. The molecule has 1 aliphatic carbocycles. The molecule has 1 aromatic rings. The Morgan fingerprint density at radius 1 is 1.31 bits per heavy atom. The summed E-state index contributed by atoms with van der Waals surface area (Å²) >= 11 is 0. The van der Waals surface area contributed by atoms with Crippen molar-refractivity contribution in [1.29, 1.82) is 0 Å². The van der Waals surface area contributed by atoms with Crippen LogP contribution in [0, 0.1) is 19.8 Å². The van der Waals surface area contributed by atoms with Crippen molar-refractivity contribution in [1.82, 2.24) is 5.32 Å². The van der Waals surface area contributed by atoms with E-state index in [9.17, 15) is 0 Å². The Morgan fingerprint density at radius 2 is 2.06 bits per heavy atom. The topological polar surface area (TPSA) is 12.0 Å². The van der Waals surface area contributed by atoms with E-state index in [-0.39, 0.29) is 0 Å². The molecule has 1 unspecified atom stereocenters. The minimum atomic E-state index is 0.485. The molecule has 2 rings (SSSR count). The summed E-state index contributed by atoms with van der Waals surface area (Å²) in [6.07, 6.45) is 4.27. The fourth-order valence-electron chi connectivity index (χ4n) is 2.25. The second-order valence-electron chi connectivity index (χ2n) is 5.27. The van der Waals surface area contributed by atoms with Gasteiger partial charge in [0.25, 0.3) is 0 Å². The summed E-state index contributed by atoms with van der Waals surface area (Å²) < 4.78 is 0. The van der Waals surface area contributed by atoms with Crippen LogP contribution in [0.15, 0.2) is 18.2 Å². The van der Waals surface area contributed by atoms with E-state index in [1.54, 1.807) is 0 Å². The van der Waals surface area contributed by atoms with Gasteiger partial charge in [0.05, 0.1) is 0 Å². The van der Waals surface area contributed by atoms with Gasteiger partial charge in [0, 0.05) is 6.04 Å². The summed E-state index contributed by atoms with van der Waals surface area (Å²) in [6.45, 7) is 7.81. The number of rotatable bonds is 5. The van der Waals surface area contributed by atoms with Gasteiger partial charge in [-0.25, -0.2) is 0 Å². The Kier molecular flexibility index (Phi) is 3.65. The third kappa shape index (κ3) is 3.08. The molecule has 1 N–H and O–H groups in total. The van der Waals surface area contributed by atoms with Crippen LogP contribution in [0.25, 0.3) is 0 Å². The van der Waals surface area contributed by atoms with Crippen LogP contribution >= 0.6 is 0 Å². The predicted octanol–water partition coefficient (Wildman–Crippen LogP) is 3.75. The van der Waals surface area contributed by atoms with Gasteiger partial charge in [0.1, 0.15) is 0 Å². The molecule has 0 radical (unpaired) electrons. The molecule has 0 saturated heterocycles. The average molecular weight is 217 g/mol. The maximum absolute atomic E-state index is 3.64. The highest BCUT2D eigenvalue weighted by atomic mass is 14.9. The molecule has 1 nitrogen and oxygen atoms in total. The van der Waals surface area contributed by atoms with Gasteiger partial charge in [-0.15, -0.1) is 0 Å². The van der Waals surface area contributed by atoms with E-state index < -0.39 is 0 Å². The van der Waals surface area contributed by atoms with Crippen LogP contribution in [0.5, 0.6) is 0 Å². The maximum Gasteiger partial charge on any atom is 0.0294 e. The number of hydrogen-bond donors (Lipinski definition) is 1. The van der Waals surface area contributed by atoms with Crippen LogP contribution in [0.4, 0.5) is 0 Å². The van der Waals surface area contributed by atoms with E-state index in [0.29, 0.717) is 6.04 Å². The quantitative estimate of drug-likeness (QED) is 0.792. The van der Waals surface area contributed by atoms with Gasteiger partial charge < -0.3 is 5.32 Å². The Morgan fingerprint density at radius 3 is 2.75 bits per heavy atom. The number of aryl methyl sites for hydroxylation is 2.